The van der Waals surface area contributed by atoms with Crippen LogP contribution >= 0.6 is 0 Å². The first-order chi connectivity index (χ1) is 16.4. The first-order valence-corrected chi connectivity index (χ1v) is 14.9. The van der Waals surface area contributed by atoms with Gasteiger partial charge in [-0.25, -0.2) is 0 Å². The minimum atomic E-state index is 1.24. The smallest absolute Gasteiger partial charge is 0.0152 e. The van der Waals surface area contributed by atoms with Crippen LogP contribution in [-0.4, -0.2) is 0 Å². The highest BCUT2D eigenvalue weighted by atomic mass is 14.1. The molecule has 0 bridgehead atoms. The van der Waals surface area contributed by atoms with E-state index in [1.54, 1.807) is 5.56 Å². The molecule has 2 aliphatic rings. The molecule has 0 aromatic rings. The maximum Gasteiger partial charge on any atom is -0.0152 e. The highest BCUT2D eigenvalue weighted by Crippen LogP contribution is 2.28. The van der Waals surface area contributed by atoms with E-state index in [0.29, 0.717) is 0 Å². The fourth-order valence-corrected chi connectivity index (χ4v) is 5.24. The molecule has 33 heavy (non-hydrogen) atoms. The van der Waals surface area contributed by atoms with Crippen molar-refractivity contribution in [3.8, 4) is 11.1 Å². The number of rotatable bonds is 22. The monoisotopic (exact) mass is 450 g/mol. The van der Waals surface area contributed by atoms with Gasteiger partial charge in [-0.15, -0.1) is 0 Å². The van der Waals surface area contributed by atoms with Gasteiger partial charge in [-0.2, -0.15) is 0 Å². The molecule has 0 saturated heterocycles. The second-order valence-electron chi connectivity index (χ2n) is 10.5. The Kier molecular flexibility index (Phi) is 17.0. The Hall–Kier alpha value is -1.30. The van der Waals surface area contributed by atoms with Crippen molar-refractivity contribution in [2.45, 2.75) is 148 Å². The summed E-state index contributed by atoms with van der Waals surface area (Å²) in [5, 5.41) is 0. The summed E-state index contributed by atoms with van der Waals surface area (Å²) in [6.07, 6.45) is 31.7. The molecule has 0 spiro atoms. The lowest BCUT2D eigenvalue weighted by molar-refractivity contribution is 0.520. The Balaban J connectivity index is 1.27. The molecule has 0 aliphatic heterocycles. The molecule has 0 saturated carbocycles. The Morgan fingerprint density at radius 2 is 0.818 bits per heavy atom. The van der Waals surface area contributed by atoms with Crippen LogP contribution in [0.3, 0.4) is 0 Å². The predicted octanol–water partition coefficient (Wildman–Crippen LogP) is 11.5. The van der Waals surface area contributed by atoms with Crippen molar-refractivity contribution in [2.75, 3.05) is 0 Å². The molecule has 0 unspecified atom stereocenters. The van der Waals surface area contributed by atoms with E-state index < -0.39 is 0 Å². The van der Waals surface area contributed by atoms with Gasteiger partial charge < -0.3 is 0 Å². The molecule has 0 nitrogen and oxygen atoms in total. The first kappa shape index (κ1) is 27.9. The van der Waals surface area contributed by atoms with E-state index in [2.05, 4.69) is 49.4 Å². The zero-order valence-electron chi connectivity index (χ0n) is 22.1. The molecule has 0 aromatic carbocycles. The Morgan fingerprint density at radius 3 is 1.30 bits per heavy atom. The summed E-state index contributed by atoms with van der Waals surface area (Å²) >= 11 is 0. The predicted molar refractivity (Wildman–Crippen MR) is 149 cm³/mol. The largest absolute Gasteiger partial charge is 0.0654 e. The molecule has 0 aromatic heterocycles. The molecule has 0 N–H and O–H groups in total. The number of hydrogen-bond donors (Lipinski definition) is 0. The minimum Gasteiger partial charge on any atom is -0.0654 e. The van der Waals surface area contributed by atoms with Gasteiger partial charge in [-0.05, 0) is 29.5 Å². The van der Waals surface area contributed by atoms with Crippen LogP contribution in [0.1, 0.15) is 147 Å². The number of fused-ring (bicyclic) bond motifs is 1. The number of aryl methyl sites for hydroxylation is 1. The average molecular weight is 451 g/mol. The van der Waals surface area contributed by atoms with Crippen LogP contribution in [-0.2, 0) is 6.42 Å². The van der Waals surface area contributed by atoms with Gasteiger partial charge in [0.05, 0.1) is 0 Å². The van der Waals surface area contributed by atoms with Gasteiger partial charge in [0.15, 0.2) is 0 Å². The Morgan fingerprint density at radius 1 is 0.394 bits per heavy atom. The molecule has 2 rings (SSSR count). The van der Waals surface area contributed by atoms with Crippen LogP contribution in [0.15, 0.2) is 42.5 Å². The summed E-state index contributed by atoms with van der Waals surface area (Å²) in [5.74, 6) is 0. The highest BCUT2D eigenvalue weighted by molar-refractivity contribution is 5.70. The van der Waals surface area contributed by atoms with Gasteiger partial charge in [-0.3, -0.25) is 0 Å². The fraction of sp³-hybridized carbons (Fsp3) is 0.697. The zero-order chi connectivity index (χ0) is 23.2. The van der Waals surface area contributed by atoms with E-state index in [1.165, 1.54) is 152 Å². The number of hydrogen-bond acceptors (Lipinski definition) is 0. The van der Waals surface area contributed by atoms with E-state index in [0.717, 1.165) is 0 Å². The molecule has 0 atom stereocenters. The van der Waals surface area contributed by atoms with Crippen LogP contribution in [0, 0.1) is 0 Å². The third-order valence-corrected chi connectivity index (χ3v) is 7.43. The Labute approximate surface area is 207 Å². The van der Waals surface area contributed by atoms with E-state index in [4.69, 9.17) is 0 Å². The fourth-order valence-electron chi connectivity index (χ4n) is 5.24. The third kappa shape index (κ3) is 13.9. The maximum atomic E-state index is 2.33. The van der Waals surface area contributed by atoms with Gasteiger partial charge in [0.2, 0.25) is 0 Å². The molecule has 0 radical (unpaired) electrons. The standard InChI is InChI=1S/C33H54/c1-2-3-4-5-6-7-8-9-10-11-12-13-14-15-16-17-18-19-20-21-23-26-31-29-30-32-27-24-22-25-28-33(31)32/h22,24-25,27-30H,2-21,23,26H2,1H3. The van der Waals surface area contributed by atoms with Crippen molar-refractivity contribution in [3.63, 3.8) is 0 Å². The van der Waals surface area contributed by atoms with Gasteiger partial charge in [0.1, 0.15) is 0 Å². The lowest BCUT2D eigenvalue weighted by Crippen LogP contribution is -1.86. The van der Waals surface area contributed by atoms with Crippen LogP contribution in [0.25, 0.3) is 11.1 Å². The third-order valence-electron chi connectivity index (χ3n) is 7.43. The minimum absolute atomic E-state index is 1.24. The maximum absolute atomic E-state index is 2.33. The lowest BCUT2D eigenvalue weighted by atomic mass is 10.0. The molecule has 2 aliphatic carbocycles. The average Bonchev–Trinajstić information content (AvgIpc) is 3.05. The normalized spacial score (nSPS) is 11.4. The van der Waals surface area contributed by atoms with Crippen molar-refractivity contribution >= 4 is 0 Å². The van der Waals surface area contributed by atoms with E-state index in [9.17, 15) is 0 Å². The van der Waals surface area contributed by atoms with Crippen LogP contribution in [0.2, 0.25) is 0 Å². The Bertz CT molecular complexity index is 642. The summed E-state index contributed by atoms with van der Waals surface area (Å²) < 4.78 is 0. The van der Waals surface area contributed by atoms with Crippen molar-refractivity contribution in [1.29, 1.82) is 0 Å². The van der Waals surface area contributed by atoms with Crippen molar-refractivity contribution in [2.24, 2.45) is 0 Å². The van der Waals surface area contributed by atoms with E-state index in [-0.39, 0.29) is 0 Å². The van der Waals surface area contributed by atoms with Gasteiger partial charge in [0, 0.05) is 0 Å². The number of unbranched alkanes of at least 4 members (excludes halogenated alkanes) is 20. The molecule has 0 heterocycles. The van der Waals surface area contributed by atoms with Gasteiger partial charge in [0.25, 0.3) is 0 Å². The first-order valence-electron chi connectivity index (χ1n) is 14.9. The second-order valence-corrected chi connectivity index (χ2v) is 10.5. The van der Waals surface area contributed by atoms with E-state index >= 15 is 0 Å². The van der Waals surface area contributed by atoms with Gasteiger partial charge in [-0.1, -0.05) is 178 Å². The summed E-state index contributed by atoms with van der Waals surface area (Å²) in [6.45, 7) is 2.30. The summed E-state index contributed by atoms with van der Waals surface area (Å²) in [7, 11) is 0. The quantitative estimate of drug-likeness (QED) is 0.156. The molecular weight excluding hydrogens is 396 g/mol. The van der Waals surface area contributed by atoms with Crippen LogP contribution in [0.5, 0.6) is 0 Å². The van der Waals surface area contributed by atoms with Crippen molar-refractivity contribution in [1.82, 2.24) is 0 Å². The topological polar surface area (TPSA) is 0 Å². The molecule has 0 heteroatoms. The lowest BCUT2D eigenvalue weighted by Gasteiger charge is -2.05. The summed E-state index contributed by atoms with van der Waals surface area (Å²) in [5.41, 5.74) is 4.38. The van der Waals surface area contributed by atoms with Crippen molar-refractivity contribution in [3.05, 3.63) is 48.0 Å². The highest BCUT2D eigenvalue weighted by Gasteiger charge is 2.06. The SMILES string of the molecule is CCCCCCCCCCCCCCCCCCCCCCCc1ccc2cccccc1-2. The van der Waals surface area contributed by atoms with Gasteiger partial charge >= 0.3 is 0 Å². The summed E-state index contributed by atoms with van der Waals surface area (Å²) in [4.78, 5) is 0. The zero-order valence-corrected chi connectivity index (χ0v) is 22.1. The van der Waals surface area contributed by atoms with Crippen LogP contribution < -0.4 is 0 Å². The second kappa shape index (κ2) is 20.1. The molecule has 0 amide bonds. The molecule has 186 valence electrons. The molecular formula is C33H54. The summed E-state index contributed by atoms with van der Waals surface area (Å²) in [6, 6.07) is 15.6. The van der Waals surface area contributed by atoms with E-state index in [1.807, 2.05) is 0 Å². The molecule has 0 fully saturated rings. The van der Waals surface area contributed by atoms with Crippen LogP contribution in [0.4, 0.5) is 0 Å². The van der Waals surface area contributed by atoms with Crippen molar-refractivity contribution < 1.29 is 0 Å².